The molecule has 0 spiro atoms. The Bertz CT molecular complexity index is 975. The van der Waals surface area contributed by atoms with E-state index in [2.05, 4.69) is 5.92 Å². The van der Waals surface area contributed by atoms with Crippen LogP contribution < -0.4 is 11.4 Å². The van der Waals surface area contributed by atoms with Crippen molar-refractivity contribution in [3.63, 3.8) is 0 Å². The van der Waals surface area contributed by atoms with Crippen LogP contribution in [0.2, 0.25) is 0 Å². The molecule has 1 aromatic heterocycles. The summed E-state index contributed by atoms with van der Waals surface area (Å²) in [6.45, 7) is 0. The smallest absolute Gasteiger partial charge is 0.353 e. The fourth-order valence-electron chi connectivity index (χ4n) is 3.37. The predicted molar refractivity (Wildman–Crippen MR) is 81.3 cm³/mol. The van der Waals surface area contributed by atoms with Gasteiger partial charge in [0.05, 0.1) is 5.69 Å². The van der Waals surface area contributed by atoms with Crippen LogP contribution in [0.3, 0.4) is 0 Å². The van der Waals surface area contributed by atoms with Crippen LogP contribution in [0.25, 0.3) is 5.69 Å². The molecule has 0 fully saturated rings. The molecule has 2 N–H and O–H groups in total. The van der Waals surface area contributed by atoms with E-state index in [0.717, 1.165) is 13.9 Å². The number of hydrogen-bond donors (Lipinski definition) is 2. The second-order valence-electron chi connectivity index (χ2n) is 5.65. The predicted octanol–water partition coefficient (Wildman–Crippen LogP) is -1.02. The van der Waals surface area contributed by atoms with Gasteiger partial charge in [0.15, 0.2) is 5.54 Å². The average molecular weight is 311 g/mol. The normalized spacial score (nSPS) is 30.9. The van der Waals surface area contributed by atoms with Gasteiger partial charge in [-0.1, -0.05) is 30.2 Å². The highest BCUT2D eigenvalue weighted by Gasteiger charge is 2.54. The molecule has 0 saturated heterocycles. The molecule has 0 radical (unpaired) electrons. The lowest BCUT2D eigenvalue weighted by molar-refractivity contribution is -0.0867. The van der Waals surface area contributed by atoms with E-state index >= 15 is 0 Å². The lowest BCUT2D eigenvalue weighted by atomic mass is 9.79. The molecule has 3 aliphatic rings. The van der Waals surface area contributed by atoms with Crippen LogP contribution >= 0.6 is 0 Å². The van der Waals surface area contributed by atoms with Crippen LogP contribution in [-0.4, -0.2) is 36.4 Å². The average Bonchev–Trinajstić information content (AvgIpc) is 2.85. The minimum Gasteiger partial charge on any atom is -0.388 e. The van der Waals surface area contributed by atoms with Crippen LogP contribution in [-0.2, 0) is 5.54 Å². The second-order valence-corrected chi connectivity index (χ2v) is 5.65. The Hall–Kier alpha value is -2.82. The second kappa shape index (κ2) is 4.35. The fraction of sp³-hybridized carbons (Fsp3) is 0.250. The third-order valence-corrected chi connectivity index (χ3v) is 4.53. The molecule has 4 atom stereocenters. The van der Waals surface area contributed by atoms with Crippen LogP contribution in [0, 0.1) is 12.3 Å². The van der Waals surface area contributed by atoms with Crippen molar-refractivity contribution in [3.8, 4) is 18.0 Å². The van der Waals surface area contributed by atoms with Crippen molar-refractivity contribution in [2.24, 2.45) is 0 Å². The van der Waals surface area contributed by atoms with E-state index in [1.54, 1.807) is 36.4 Å². The first kappa shape index (κ1) is 13.8. The van der Waals surface area contributed by atoms with E-state index < -0.39 is 35.2 Å². The highest BCUT2D eigenvalue weighted by atomic mass is 16.3. The maximum atomic E-state index is 12.8. The van der Waals surface area contributed by atoms with Crippen molar-refractivity contribution >= 4 is 0 Å². The molecule has 3 heterocycles. The third-order valence-electron chi connectivity index (χ3n) is 4.53. The summed E-state index contributed by atoms with van der Waals surface area (Å²) >= 11 is 0. The zero-order chi connectivity index (χ0) is 16.4. The summed E-state index contributed by atoms with van der Waals surface area (Å²) < 4.78 is 3.16. The minimum absolute atomic E-state index is 0.396. The first-order valence-electron chi connectivity index (χ1n) is 7.08. The number of para-hydroxylation sites is 1. The van der Waals surface area contributed by atoms with Gasteiger partial charge in [0, 0.05) is 0 Å². The molecular weight excluding hydrogens is 298 g/mol. The lowest BCUT2D eigenvalue weighted by Gasteiger charge is -2.46. The molecule has 0 unspecified atom stereocenters. The Morgan fingerprint density at radius 2 is 1.83 bits per heavy atom. The van der Waals surface area contributed by atoms with Crippen molar-refractivity contribution in [1.82, 2.24) is 13.9 Å². The zero-order valence-corrected chi connectivity index (χ0v) is 11.9. The summed E-state index contributed by atoms with van der Waals surface area (Å²) in [6.07, 6.45) is 5.96. The molecule has 7 nitrogen and oxygen atoms in total. The number of aliphatic hydroxyl groups is 2. The molecule has 5 rings (SSSR count). The van der Waals surface area contributed by atoms with Gasteiger partial charge < -0.3 is 10.2 Å². The largest absolute Gasteiger partial charge is 0.388 e. The highest BCUT2D eigenvalue weighted by molar-refractivity contribution is 5.36. The minimum atomic E-state index is -1.58. The van der Waals surface area contributed by atoms with Gasteiger partial charge in [-0.25, -0.2) is 23.5 Å². The number of terminal acetylenes is 1. The molecular formula is C16H13N3O4. The summed E-state index contributed by atoms with van der Waals surface area (Å²) in [4.78, 5) is 25.6. The van der Waals surface area contributed by atoms with Crippen molar-refractivity contribution in [1.29, 1.82) is 0 Å². The van der Waals surface area contributed by atoms with Gasteiger partial charge in [0.2, 0.25) is 0 Å². The SMILES string of the molecule is C#C[C@]12C=C[C@H]([C@@H](O)[C@H]1O)n1c(=O)n(-c3ccccc3)c(=O)n12. The molecule has 0 saturated carbocycles. The number of aliphatic hydroxyl groups excluding tert-OH is 2. The number of aromatic nitrogens is 3. The Labute approximate surface area is 130 Å². The lowest BCUT2D eigenvalue weighted by Crippen LogP contribution is -2.64. The topological polar surface area (TPSA) is 89.4 Å². The van der Waals surface area contributed by atoms with Gasteiger partial charge in [-0.05, 0) is 18.2 Å². The van der Waals surface area contributed by atoms with E-state index in [1.807, 2.05) is 0 Å². The Morgan fingerprint density at radius 3 is 2.48 bits per heavy atom. The molecule has 0 amide bonds. The fourth-order valence-corrected chi connectivity index (χ4v) is 3.37. The number of rotatable bonds is 1. The van der Waals surface area contributed by atoms with Gasteiger partial charge in [0.25, 0.3) is 0 Å². The van der Waals surface area contributed by atoms with Gasteiger partial charge >= 0.3 is 11.4 Å². The molecule has 2 aromatic rings. The van der Waals surface area contributed by atoms with Crippen LogP contribution in [0.15, 0.2) is 52.1 Å². The summed E-state index contributed by atoms with van der Waals surface area (Å²) in [5.74, 6) is 2.37. The molecule has 116 valence electrons. The van der Waals surface area contributed by atoms with E-state index in [9.17, 15) is 19.8 Å². The maximum absolute atomic E-state index is 12.8. The summed E-state index contributed by atoms with van der Waals surface area (Å²) in [7, 11) is 0. The molecule has 7 heteroatoms. The number of hydrogen-bond acceptors (Lipinski definition) is 4. The first-order chi connectivity index (χ1) is 11.0. The van der Waals surface area contributed by atoms with Gasteiger partial charge in [-0.15, -0.1) is 6.42 Å². The van der Waals surface area contributed by atoms with Crippen molar-refractivity contribution in [3.05, 3.63) is 63.5 Å². The Balaban J connectivity index is 2.12. The number of nitrogens with zero attached hydrogens (tertiary/aromatic N) is 3. The standard InChI is InChI=1S/C16H13N3O4/c1-2-16-9-8-11(12(20)13(16)21)18-14(22)17(15(23)19(16)18)10-6-4-3-5-7-10/h1,3-9,11-13,20-21H/t11-,12-,13-,16+/m1/s1. The summed E-state index contributed by atoms with van der Waals surface area (Å²) in [5.41, 5.74) is -2.45. The third kappa shape index (κ3) is 1.46. The van der Waals surface area contributed by atoms with E-state index in [1.165, 1.54) is 6.08 Å². The van der Waals surface area contributed by atoms with Crippen molar-refractivity contribution in [2.45, 2.75) is 23.8 Å². The Kier molecular flexibility index (Phi) is 2.61. The maximum Gasteiger partial charge on any atom is 0.353 e. The molecule has 2 aliphatic heterocycles. The Morgan fingerprint density at radius 1 is 1.13 bits per heavy atom. The zero-order valence-electron chi connectivity index (χ0n) is 11.9. The number of fused-ring (bicyclic) bond motifs is 1. The first-order valence-corrected chi connectivity index (χ1v) is 7.08. The quantitative estimate of drug-likeness (QED) is 0.521. The monoisotopic (exact) mass is 311 g/mol. The molecule has 2 bridgehead atoms. The molecule has 1 aliphatic carbocycles. The van der Waals surface area contributed by atoms with Crippen LogP contribution in [0.1, 0.15) is 6.04 Å². The van der Waals surface area contributed by atoms with Crippen molar-refractivity contribution in [2.75, 3.05) is 0 Å². The number of benzene rings is 1. The van der Waals surface area contributed by atoms with E-state index in [4.69, 9.17) is 6.42 Å². The van der Waals surface area contributed by atoms with E-state index in [-0.39, 0.29) is 0 Å². The highest BCUT2D eigenvalue weighted by Crippen LogP contribution is 2.38. The van der Waals surface area contributed by atoms with Gasteiger partial charge in [-0.3, -0.25) is 0 Å². The molecule has 23 heavy (non-hydrogen) atoms. The van der Waals surface area contributed by atoms with Crippen LogP contribution in [0.4, 0.5) is 0 Å². The van der Waals surface area contributed by atoms with Gasteiger partial charge in [0.1, 0.15) is 18.2 Å². The summed E-state index contributed by atoms with van der Waals surface area (Å²) in [6, 6.07) is 7.58. The van der Waals surface area contributed by atoms with E-state index in [0.29, 0.717) is 5.69 Å². The van der Waals surface area contributed by atoms with Crippen LogP contribution in [0.5, 0.6) is 0 Å². The van der Waals surface area contributed by atoms with Crippen molar-refractivity contribution < 1.29 is 10.2 Å². The van der Waals surface area contributed by atoms with Gasteiger partial charge in [-0.2, -0.15) is 0 Å². The molecule has 1 aromatic carbocycles. The summed E-state index contributed by atoms with van der Waals surface area (Å²) in [5, 5.41) is 20.6.